The Morgan fingerprint density at radius 2 is 1.96 bits per heavy atom. The number of carbonyl (C=O) groups is 1. The first-order valence-corrected chi connectivity index (χ1v) is 8.60. The number of nitrogens with zero attached hydrogens (tertiary/aromatic N) is 3. The van der Waals surface area contributed by atoms with Gasteiger partial charge in [-0.3, -0.25) is 24.7 Å². The van der Waals surface area contributed by atoms with Crippen LogP contribution in [0, 0.1) is 10.1 Å². The smallest absolute Gasteiger partial charge is 0.271 e. The van der Waals surface area contributed by atoms with Gasteiger partial charge < -0.3 is 9.73 Å². The van der Waals surface area contributed by atoms with Gasteiger partial charge in [0.1, 0.15) is 5.76 Å². The second kappa shape index (κ2) is 8.31. The Morgan fingerprint density at radius 1 is 1.23 bits per heavy atom. The normalized spacial score (nSPS) is 15.7. The van der Waals surface area contributed by atoms with Gasteiger partial charge in [-0.2, -0.15) is 0 Å². The van der Waals surface area contributed by atoms with Gasteiger partial charge in [-0.1, -0.05) is 11.6 Å². The number of amides is 1. The van der Waals surface area contributed by atoms with Gasteiger partial charge in [0.2, 0.25) is 5.91 Å². The molecule has 0 aliphatic carbocycles. The number of carbonyl (C=O) groups excluding carboxylic acids is 1. The maximum atomic E-state index is 12.2. The van der Waals surface area contributed by atoms with Crippen molar-refractivity contribution >= 4 is 28.9 Å². The molecule has 1 aromatic carbocycles. The third-order valence-corrected chi connectivity index (χ3v) is 4.54. The Labute approximate surface area is 155 Å². The number of non-ortho nitro benzene ring substituents is 1. The van der Waals surface area contributed by atoms with Crippen LogP contribution in [-0.2, 0) is 11.3 Å². The second-order valence-electron chi connectivity index (χ2n) is 6.10. The Morgan fingerprint density at radius 3 is 2.58 bits per heavy atom. The number of hydrogen-bond acceptors (Lipinski definition) is 6. The highest BCUT2D eigenvalue weighted by molar-refractivity contribution is 6.34. The predicted octanol–water partition coefficient (Wildman–Crippen LogP) is 2.60. The average Bonchev–Trinajstić information content (AvgIpc) is 3.11. The number of furan rings is 1. The zero-order valence-electron chi connectivity index (χ0n) is 14.1. The van der Waals surface area contributed by atoms with E-state index in [1.54, 1.807) is 6.26 Å². The maximum Gasteiger partial charge on any atom is 0.271 e. The number of anilines is 1. The van der Waals surface area contributed by atoms with Gasteiger partial charge in [-0.05, 0) is 18.2 Å². The molecular weight excluding hydrogens is 360 g/mol. The first-order valence-electron chi connectivity index (χ1n) is 8.22. The summed E-state index contributed by atoms with van der Waals surface area (Å²) in [6, 6.07) is 7.81. The van der Waals surface area contributed by atoms with Crippen LogP contribution in [0.5, 0.6) is 0 Å². The Balaban J connectivity index is 1.46. The minimum Gasteiger partial charge on any atom is -0.468 e. The van der Waals surface area contributed by atoms with Crippen molar-refractivity contribution in [1.82, 2.24) is 9.80 Å². The fraction of sp³-hybridized carbons (Fsp3) is 0.353. The zero-order valence-corrected chi connectivity index (χ0v) is 14.8. The van der Waals surface area contributed by atoms with E-state index >= 15 is 0 Å². The number of nitro groups is 1. The number of rotatable bonds is 6. The summed E-state index contributed by atoms with van der Waals surface area (Å²) in [5.74, 6) is 0.740. The number of nitro benzene ring substituents is 1. The topological polar surface area (TPSA) is 91.9 Å². The highest BCUT2D eigenvalue weighted by Crippen LogP contribution is 2.26. The minimum atomic E-state index is -0.528. The van der Waals surface area contributed by atoms with Gasteiger partial charge in [-0.15, -0.1) is 0 Å². The summed E-state index contributed by atoms with van der Waals surface area (Å²) < 4.78 is 5.35. The lowest BCUT2D eigenvalue weighted by atomic mass is 10.2. The van der Waals surface area contributed by atoms with E-state index in [9.17, 15) is 14.9 Å². The van der Waals surface area contributed by atoms with Crippen LogP contribution >= 0.6 is 11.6 Å². The van der Waals surface area contributed by atoms with Crippen molar-refractivity contribution in [2.45, 2.75) is 6.54 Å². The molecule has 0 radical (unpaired) electrons. The monoisotopic (exact) mass is 378 g/mol. The molecule has 1 N–H and O–H groups in total. The summed E-state index contributed by atoms with van der Waals surface area (Å²) in [7, 11) is 0. The fourth-order valence-corrected chi connectivity index (χ4v) is 3.06. The summed E-state index contributed by atoms with van der Waals surface area (Å²) in [4.78, 5) is 26.7. The van der Waals surface area contributed by atoms with Crippen LogP contribution < -0.4 is 5.32 Å². The van der Waals surface area contributed by atoms with Gasteiger partial charge in [0.25, 0.3) is 5.69 Å². The standard InChI is InChI=1S/C17H19ClN4O4/c18-15-10-13(22(24)25)3-4-16(15)19-17(23)12-21-7-5-20(6-8-21)11-14-2-1-9-26-14/h1-4,9-10H,5-8,11-12H2,(H,19,23). The molecule has 1 amide bonds. The largest absolute Gasteiger partial charge is 0.468 e. The number of benzene rings is 1. The Bertz CT molecular complexity index is 773. The summed E-state index contributed by atoms with van der Waals surface area (Å²) >= 11 is 6.00. The van der Waals surface area contributed by atoms with Crippen molar-refractivity contribution in [3.05, 3.63) is 57.5 Å². The molecule has 8 nitrogen and oxygen atoms in total. The molecule has 1 aromatic heterocycles. The van der Waals surface area contributed by atoms with Gasteiger partial charge >= 0.3 is 0 Å². The van der Waals surface area contributed by atoms with Crippen molar-refractivity contribution in [3.63, 3.8) is 0 Å². The van der Waals surface area contributed by atoms with Gasteiger partial charge in [-0.25, -0.2) is 0 Å². The highest BCUT2D eigenvalue weighted by Gasteiger charge is 2.20. The van der Waals surface area contributed by atoms with E-state index in [1.165, 1.54) is 18.2 Å². The molecule has 26 heavy (non-hydrogen) atoms. The zero-order chi connectivity index (χ0) is 18.5. The SMILES string of the molecule is O=C(CN1CCN(Cc2ccco2)CC1)Nc1ccc([N+](=O)[O-])cc1Cl. The molecule has 0 atom stereocenters. The van der Waals surface area contributed by atoms with Crippen LogP contribution in [0.2, 0.25) is 5.02 Å². The summed E-state index contributed by atoms with van der Waals surface area (Å²) in [6.07, 6.45) is 1.67. The van der Waals surface area contributed by atoms with Crippen LogP contribution in [0.15, 0.2) is 41.0 Å². The number of halogens is 1. The molecular formula is C17H19ClN4O4. The number of nitrogens with one attached hydrogen (secondary N) is 1. The van der Waals surface area contributed by atoms with Crippen molar-refractivity contribution < 1.29 is 14.1 Å². The van der Waals surface area contributed by atoms with Crippen molar-refractivity contribution in [2.75, 3.05) is 38.0 Å². The van der Waals surface area contributed by atoms with Crippen molar-refractivity contribution in [1.29, 1.82) is 0 Å². The van der Waals surface area contributed by atoms with Crippen LogP contribution in [-0.4, -0.2) is 53.4 Å². The third-order valence-electron chi connectivity index (χ3n) is 4.23. The lowest BCUT2D eigenvalue weighted by molar-refractivity contribution is -0.384. The molecule has 0 unspecified atom stereocenters. The fourth-order valence-electron chi connectivity index (χ4n) is 2.84. The quantitative estimate of drug-likeness (QED) is 0.613. The molecule has 1 fully saturated rings. The Kier molecular flexibility index (Phi) is 5.87. The molecule has 0 bridgehead atoms. The van der Waals surface area contributed by atoms with E-state index in [0.29, 0.717) is 5.69 Å². The lowest BCUT2D eigenvalue weighted by Crippen LogP contribution is -2.48. The number of hydrogen-bond donors (Lipinski definition) is 1. The average molecular weight is 379 g/mol. The van der Waals surface area contributed by atoms with E-state index in [4.69, 9.17) is 16.0 Å². The first kappa shape index (κ1) is 18.4. The summed E-state index contributed by atoms with van der Waals surface area (Å²) in [5.41, 5.74) is 0.263. The van der Waals surface area contributed by atoms with Crippen LogP contribution in [0.4, 0.5) is 11.4 Å². The highest BCUT2D eigenvalue weighted by atomic mass is 35.5. The van der Waals surface area contributed by atoms with E-state index in [0.717, 1.165) is 38.5 Å². The molecule has 2 heterocycles. The predicted molar refractivity (Wildman–Crippen MR) is 97.2 cm³/mol. The van der Waals surface area contributed by atoms with Crippen molar-refractivity contribution in [3.8, 4) is 0 Å². The van der Waals surface area contributed by atoms with Crippen LogP contribution in [0.3, 0.4) is 0 Å². The molecule has 2 aromatic rings. The van der Waals surface area contributed by atoms with E-state index < -0.39 is 4.92 Å². The Hall–Kier alpha value is -2.42. The van der Waals surface area contributed by atoms with E-state index in [2.05, 4.69) is 15.1 Å². The van der Waals surface area contributed by atoms with Gasteiger partial charge in [0, 0.05) is 38.3 Å². The van der Waals surface area contributed by atoms with Gasteiger partial charge in [0.15, 0.2) is 0 Å². The molecule has 1 saturated heterocycles. The molecule has 1 aliphatic heterocycles. The summed E-state index contributed by atoms with van der Waals surface area (Å²) in [6.45, 7) is 4.29. The van der Waals surface area contributed by atoms with Gasteiger partial charge in [0.05, 0.1) is 35.0 Å². The second-order valence-corrected chi connectivity index (χ2v) is 6.51. The molecule has 1 aliphatic rings. The molecule has 0 saturated carbocycles. The van der Waals surface area contributed by atoms with Crippen LogP contribution in [0.1, 0.15) is 5.76 Å². The summed E-state index contributed by atoms with van der Waals surface area (Å²) in [5, 5.41) is 13.6. The third kappa shape index (κ3) is 4.81. The first-order chi connectivity index (χ1) is 12.5. The van der Waals surface area contributed by atoms with E-state index in [1.807, 2.05) is 12.1 Å². The van der Waals surface area contributed by atoms with Crippen molar-refractivity contribution in [2.24, 2.45) is 0 Å². The van der Waals surface area contributed by atoms with Crippen LogP contribution in [0.25, 0.3) is 0 Å². The minimum absolute atomic E-state index is 0.110. The number of piperazine rings is 1. The lowest BCUT2D eigenvalue weighted by Gasteiger charge is -2.33. The molecule has 138 valence electrons. The molecule has 0 spiro atoms. The molecule has 3 rings (SSSR count). The molecule has 9 heteroatoms. The van der Waals surface area contributed by atoms with E-state index in [-0.39, 0.29) is 23.2 Å². The maximum absolute atomic E-state index is 12.2.